The number of nitrogens with zero attached hydrogens (tertiary/aromatic N) is 2. The van der Waals surface area contributed by atoms with Crippen molar-refractivity contribution >= 4 is 6.03 Å². The van der Waals surface area contributed by atoms with E-state index in [9.17, 15) is 4.79 Å². The molecule has 1 heterocycles. The van der Waals surface area contributed by atoms with Gasteiger partial charge in [0.25, 0.3) is 0 Å². The van der Waals surface area contributed by atoms with Crippen LogP contribution in [-0.4, -0.2) is 33.0 Å². The Morgan fingerprint density at radius 3 is 1.86 bits per heavy atom. The minimum Gasteiger partial charge on any atom is -0.311 e. The summed E-state index contributed by atoms with van der Waals surface area (Å²) in [5.74, 6) is 0. The lowest BCUT2D eigenvalue weighted by Gasteiger charge is -2.37. The Balaban J connectivity index is 2.60. The summed E-state index contributed by atoms with van der Waals surface area (Å²) in [7, 11) is 0. The fourth-order valence-corrected chi connectivity index (χ4v) is 3.33. The average molecular weight is 300 g/mol. The number of amides is 2. The first-order chi connectivity index (χ1) is 10.1. The third-order valence-corrected chi connectivity index (χ3v) is 4.14. The molecule has 0 radical (unpaired) electrons. The van der Waals surface area contributed by atoms with Gasteiger partial charge in [-0.15, -0.1) is 6.58 Å². The summed E-state index contributed by atoms with van der Waals surface area (Å²) in [5.41, 5.74) is 0.657. The molecule has 0 saturated carbocycles. The molecule has 1 fully saturated rings. The molecule has 0 aromatic heterocycles. The molecule has 0 aliphatic carbocycles. The van der Waals surface area contributed by atoms with E-state index < -0.39 is 0 Å². The average Bonchev–Trinajstić information content (AvgIpc) is 2.72. The van der Waals surface area contributed by atoms with Crippen LogP contribution in [0.5, 0.6) is 0 Å². The van der Waals surface area contributed by atoms with Crippen molar-refractivity contribution in [1.82, 2.24) is 9.80 Å². The van der Waals surface area contributed by atoms with E-state index in [0.29, 0.717) is 0 Å². The van der Waals surface area contributed by atoms with Gasteiger partial charge < -0.3 is 9.80 Å². The van der Waals surface area contributed by atoms with Crippen LogP contribution in [0.15, 0.2) is 43.0 Å². The molecule has 2 atom stereocenters. The molecular formula is C19H28N2O. The van der Waals surface area contributed by atoms with Gasteiger partial charge >= 0.3 is 6.03 Å². The summed E-state index contributed by atoms with van der Waals surface area (Å²) < 4.78 is 0. The molecule has 1 saturated heterocycles. The molecule has 0 N–H and O–H groups in total. The van der Waals surface area contributed by atoms with Crippen molar-refractivity contribution in [3.05, 3.63) is 48.6 Å². The molecule has 22 heavy (non-hydrogen) atoms. The summed E-state index contributed by atoms with van der Waals surface area (Å²) in [4.78, 5) is 17.1. The zero-order valence-electron chi connectivity index (χ0n) is 14.6. The fourth-order valence-electron chi connectivity index (χ4n) is 3.33. The highest BCUT2D eigenvalue weighted by Crippen LogP contribution is 2.43. The zero-order valence-corrected chi connectivity index (χ0v) is 14.6. The number of benzene rings is 1. The van der Waals surface area contributed by atoms with Crippen molar-refractivity contribution in [2.24, 2.45) is 0 Å². The highest BCUT2D eigenvalue weighted by atomic mass is 16.2. The van der Waals surface area contributed by atoms with Crippen LogP contribution in [0.25, 0.3) is 0 Å². The molecule has 2 amide bonds. The molecule has 2 rings (SSSR count). The Bertz CT molecular complexity index is 551. The first-order valence-corrected chi connectivity index (χ1v) is 7.89. The number of carbonyl (C=O) groups excluding carboxylic acids is 1. The number of carbonyl (C=O) groups is 1. The van der Waals surface area contributed by atoms with E-state index in [1.807, 2.05) is 34.1 Å². The van der Waals surface area contributed by atoms with Crippen molar-refractivity contribution in [1.29, 1.82) is 0 Å². The summed E-state index contributed by atoms with van der Waals surface area (Å²) >= 11 is 0. The summed E-state index contributed by atoms with van der Waals surface area (Å²) in [6, 6.07) is 10.3. The second-order valence-corrected chi connectivity index (χ2v) is 7.95. The quantitative estimate of drug-likeness (QED) is 0.731. The van der Waals surface area contributed by atoms with Crippen LogP contribution in [-0.2, 0) is 0 Å². The first kappa shape index (κ1) is 16.6. The lowest BCUT2D eigenvalue weighted by molar-refractivity contribution is 0.123. The molecule has 1 aromatic rings. The normalized spacial score (nSPS) is 23.1. The number of urea groups is 1. The summed E-state index contributed by atoms with van der Waals surface area (Å²) in [5, 5.41) is 0. The van der Waals surface area contributed by atoms with Crippen molar-refractivity contribution < 1.29 is 4.79 Å². The molecule has 1 aliphatic heterocycles. The van der Waals surface area contributed by atoms with Crippen molar-refractivity contribution in [3.63, 3.8) is 0 Å². The van der Waals surface area contributed by atoms with E-state index in [1.54, 1.807) is 0 Å². The van der Waals surface area contributed by atoms with Gasteiger partial charge in [0.1, 0.15) is 0 Å². The van der Waals surface area contributed by atoms with E-state index >= 15 is 0 Å². The van der Waals surface area contributed by atoms with Gasteiger partial charge in [0.05, 0.1) is 12.1 Å². The van der Waals surface area contributed by atoms with Crippen LogP contribution in [0, 0.1) is 0 Å². The van der Waals surface area contributed by atoms with E-state index in [-0.39, 0.29) is 29.2 Å². The highest BCUT2D eigenvalue weighted by Gasteiger charge is 2.52. The molecule has 0 bridgehead atoms. The second-order valence-electron chi connectivity index (χ2n) is 7.95. The number of hydrogen-bond donors (Lipinski definition) is 0. The standard InChI is InChI=1S/C19H28N2O/c1-8-15-16(14-12-10-9-11-13-14)21(19(5,6)7)17(22)20(15)18(2,3)4/h8-13,15-16H,1H2,2-7H3/t15-,16-/m1/s1. The minimum absolute atomic E-state index is 0.00887. The molecule has 1 aromatic carbocycles. The van der Waals surface area contributed by atoms with Crippen molar-refractivity contribution in [2.75, 3.05) is 0 Å². The Labute approximate surface area is 134 Å². The van der Waals surface area contributed by atoms with E-state index in [1.165, 1.54) is 0 Å². The highest BCUT2D eigenvalue weighted by molar-refractivity contribution is 5.80. The largest absolute Gasteiger partial charge is 0.322 e. The van der Waals surface area contributed by atoms with Crippen LogP contribution in [0.1, 0.15) is 53.1 Å². The third kappa shape index (κ3) is 2.77. The van der Waals surface area contributed by atoms with Crippen LogP contribution >= 0.6 is 0 Å². The first-order valence-electron chi connectivity index (χ1n) is 7.89. The molecule has 0 unspecified atom stereocenters. The Morgan fingerprint density at radius 2 is 1.45 bits per heavy atom. The van der Waals surface area contributed by atoms with Crippen LogP contribution < -0.4 is 0 Å². The summed E-state index contributed by atoms with van der Waals surface area (Å²) in [6.45, 7) is 16.5. The van der Waals surface area contributed by atoms with Gasteiger partial charge in [-0.1, -0.05) is 36.4 Å². The predicted molar refractivity (Wildman–Crippen MR) is 91.7 cm³/mol. The number of hydrogen-bond acceptors (Lipinski definition) is 1. The predicted octanol–water partition coefficient (Wildman–Crippen LogP) is 4.62. The lowest BCUT2D eigenvalue weighted by atomic mass is 9.93. The molecular weight excluding hydrogens is 272 g/mol. The maximum Gasteiger partial charge on any atom is 0.322 e. The van der Waals surface area contributed by atoms with E-state index in [0.717, 1.165) is 5.56 Å². The summed E-state index contributed by atoms with van der Waals surface area (Å²) in [6.07, 6.45) is 1.91. The van der Waals surface area contributed by atoms with Crippen LogP contribution in [0.3, 0.4) is 0 Å². The maximum absolute atomic E-state index is 13.2. The molecule has 0 spiro atoms. The molecule has 3 heteroatoms. The Hall–Kier alpha value is -1.77. The topological polar surface area (TPSA) is 23.6 Å². The SMILES string of the molecule is C=C[C@@H]1[C@@H](c2ccccc2)N(C(C)(C)C)C(=O)N1C(C)(C)C. The molecule has 1 aliphatic rings. The monoisotopic (exact) mass is 300 g/mol. The zero-order chi connectivity index (χ0) is 16.7. The van der Waals surface area contributed by atoms with E-state index in [4.69, 9.17) is 0 Å². The van der Waals surface area contributed by atoms with Crippen LogP contribution in [0.4, 0.5) is 4.79 Å². The fraction of sp³-hybridized carbons (Fsp3) is 0.526. The minimum atomic E-state index is -0.251. The molecule has 3 nitrogen and oxygen atoms in total. The van der Waals surface area contributed by atoms with Gasteiger partial charge in [0, 0.05) is 11.1 Å². The van der Waals surface area contributed by atoms with Crippen molar-refractivity contribution in [2.45, 2.75) is 64.7 Å². The van der Waals surface area contributed by atoms with Crippen LogP contribution in [0.2, 0.25) is 0 Å². The van der Waals surface area contributed by atoms with E-state index in [2.05, 4.69) is 60.3 Å². The van der Waals surface area contributed by atoms with Gasteiger partial charge in [-0.3, -0.25) is 0 Å². The smallest absolute Gasteiger partial charge is 0.311 e. The van der Waals surface area contributed by atoms with Gasteiger partial charge in [-0.05, 0) is 47.1 Å². The molecule has 120 valence electrons. The van der Waals surface area contributed by atoms with Gasteiger partial charge in [0.2, 0.25) is 0 Å². The Morgan fingerprint density at radius 1 is 0.955 bits per heavy atom. The van der Waals surface area contributed by atoms with Crippen molar-refractivity contribution in [3.8, 4) is 0 Å². The third-order valence-electron chi connectivity index (χ3n) is 4.14. The second kappa shape index (κ2) is 5.45. The van der Waals surface area contributed by atoms with Gasteiger partial charge in [0.15, 0.2) is 0 Å². The maximum atomic E-state index is 13.2. The number of rotatable bonds is 2. The van der Waals surface area contributed by atoms with Gasteiger partial charge in [-0.2, -0.15) is 0 Å². The van der Waals surface area contributed by atoms with Gasteiger partial charge in [-0.25, -0.2) is 4.79 Å². The Kier molecular flexibility index (Phi) is 4.12. The lowest BCUT2D eigenvalue weighted by Crippen LogP contribution is -2.50.